The first kappa shape index (κ1) is 15.9. The number of amides is 1. The molecule has 0 bridgehead atoms. The molecule has 0 fully saturated rings. The topological polar surface area (TPSA) is 72.7 Å². The molecule has 0 atom stereocenters. The number of aromatic nitrogens is 4. The maximum atomic E-state index is 12.8. The van der Waals surface area contributed by atoms with E-state index in [0.717, 1.165) is 16.8 Å². The van der Waals surface area contributed by atoms with Crippen molar-refractivity contribution in [2.75, 3.05) is 5.32 Å². The highest BCUT2D eigenvalue weighted by molar-refractivity contribution is 5.98. The molecule has 0 aliphatic heterocycles. The van der Waals surface area contributed by atoms with E-state index in [2.05, 4.69) is 20.8 Å². The Hall–Kier alpha value is -3.02. The molecule has 6 nitrogen and oxygen atoms in total. The first-order chi connectivity index (χ1) is 11.5. The van der Waals surface area contributed by atoms with Gasteiger partial charge in [-0.25, -0.2) is 4.68 Å². The zero-order valence-electron chi connectivity index (χ0n) is 13.9. The van der Waals surface area contributed by atoms with Gasteiger partial charge in [-0.1, -0.05) is 36.4 Å². The normalized spacial score (nSPS) is 11.3. The van der Waals surface area contributed by atoms with Gasteiger partial charge in [0.2, 0.25) is 5.91 Å². The van der Waals surface area contributed by atoms with Gasteiger partial charge in [0.05, 0.1) is 11.1 Å². The Labute approximate surface area is 140 Å². The van der Waals surface area contributed by atoms with E-state index in [-0.39, 0.29) is 5.91 Å². The quantitative estimate of drug-likeness (QED) is 0.802. The maximum Gasteiger partial charge on any atom is 0.234 e. The van der Waals surface area contributed by atoms with Crippen molar-refractivity contribution in [1.29, 1.82) is 0 Å². The summed E-state index contributed by atoms with van der Waals surface area (Å²) in [4.78, 5) is 12.8. The number of nitrogens with zero attached hydrogens (tertiary/aromatic N) is 4. The Morgan fingerprint density at radius 3 is 2.54 bits per heavy atom. The lowest BCUT2D eigenvalue weighted by atomic mass is 9.83. The van der Waals surface area contributed by atoms with Crippen LogP contribution in [0.15, 0.2) is 54.9 Å². The van der Waals surface area contributed by atoms with Crippen molar-refractivity contribution in [3.05, 3.63) is 66.0 Å². The van der Waals surface area contributed by atoms with E-state index in [1.54, 1.807) is 4.68 Å². The minimum Gasteiger partial charge on any atom is -0.325 e. The highest BCUT2D eigenvalue weighted by Gasteiger charge is 2.29. The molecular weight excluding hydrogens is 302 g/mol. The summed E-state index contributed by atoms with van der Waals surface area (Å²) in [6, 6.07) is 15.4. The van der Waals surface area contributed by atoms with Gasteiger partial charge < -0.3 is 5.32 Å². The summed E-state index contributed by atoms with van der Waals surface area (Å²) in [6.45, 7) is 5.79. The number of anilines is 1. The van der Waals surface area contributed by atoms with E-state index in [4.69, 9.17) is 0 Å². The van der Waals surface area contributed by atoms with Gasteiger partial charge in [-0.05, 0) is 54.5 Å². The number of nitrogens with one attached hydrogen (secondary N) is 1. The number of tetrazole rings is 1. The minimum atomic E-state index is -0.638. The fourth-order valence-electron chi connectivity index (χ4n) is 2.48. The Balaban J connectivity index is 1.86. The molecule has 0 unspecified atom stereocenters. The maximum absolute atomic E-state index is 12.8. The lowest BCUT2D eigenvalue weighted by molar-refractivity contribution is -0.120. The SMILES string of the molecule is Cc1ccc(NC(=O)C(C)(C)c2ccccc2)cc1-n1cnnn1. The van der Waals surface area contributed by atoms with Gasteiger partial charge in [0, 0.05) is 5.69 Å². The van der Waals surface area contributed by atoms with Crippen LogP contribution >= 0.6 is 0 Å². The van der Waals surface area contributed by atoms with Crippen LogP contribution < -0.4 is 5.32 Å². The summed E-state index contributed by atoms with van der Waals surface area (Å²) in [5.41, 5.74) is 2.88. The van der Waals surface area contributed by atoms with Crippen LogP contribution in [-0.2, 0) is 10.2 Å². The van der Waals surface area contributed by atoms with E-state index in [1.807, 2.05) is 69.3 Å². The summed E-state index contributed by atoms with van der Waals surface area (Å²) < 4.78 is 1.58. The number of carbonyl (C=O) groups is 1. The Morgan fingerprint density at radius 2 is 1.88 bits per heavy atom. The van der Waals surface area contributed by atoms with Crippen molar-refractivity contribution in [1.82, 2.24) is 20.2 Å². The van der Waals surface area contributed by atoms with Gasteiger partial charge in [-0.3, -0.25) is 4.79 Å². The third-order valence-corrected chi connectivity index (χ3v) is 4.13. The highest BCUT2D eigenvalue weighted by atomic mass is 16.2. The number of benzene rings is 2. The zero-order chi connectivity index (χ0) is 17.2. The second-order valence-electron chi connectivity index (χ2n) is 6.20. The highest BCUT2D eigenvalue weighted by Crippen LogP contribution is 2.26. The Morgan fingerprint density at radius 1 is 1.12 bits per heavy atom. The van der Waals surface area contributed by atoms with Crippen molar-refractivity contribution < 1.29 is 4.79 Å². The summed E-state index contributed by atoms with van der Waals surface area (Å²) in [5, 5.41) is 14.2. The standard InChI is InChI=1S/C18H19N5O/c1-13-9-10-15(11-16(13)23-12-19-21-22-23)20-17(24)18(2,3)14-7-5-4-6-8-14/h4-12H,1-3H3,(H,20,24). The molecule has 0 saturated carbocycles. The third kappa shape index (κ3) is 3.03. The van der Waals surface area contributed by atoms with Crippen LogP contribution in [0.25, 0.3) is 5.69 Å². The van der Waals surface area contributed by atoms with Crippen molar-refractivity contribution >= 4 is 11.6 Å². The summed E-state index contributed by atoms with van der Waals surface area (Å²) in [7, 11) is 0. The van der Waals surface area contributed by atoms with E-state index in [1.165, 1.54) is 6.33 Å². The molecule has 3 rings (SSSR count). The predicted molar refractivity (Wildman–Crippen MR) is 92.0 cm³/mol. The lowest BCUT2D eigenvalue weighted by Crippen LogP contribution is -2.34. The van der Waals surface area contributed by atoms with Crippen LogP contribution in [0.3, 0.4) is 0 Å². The van der Waals surface area contributed by atoms with Crippen LogP contribution in [-0.4, -0.2) is 26.1 Å². The smallest absolute Gasteiger partial charge is 0.234 e. The second-order valence-corrected chi connectivity index (χ2v) is 6.20. The molecule has 0 saturated heterocycles. The summed E-state index contributed by atoms with van der Waals surface area (Å²) >= 11 is 0. The van der Waals surface area contributed by atoms with E-state index in [0.29, 0.717) is 5.69 Å². The largest absolute Gasteiger partial charge is 0.325 e. The lowest BCUT2D eigenvalue weighted by Gasteiger charge is -2.24. The molecule has 0 aliphatic carbocycles. The first-order valence-electron chi connectivity index (χ1n) is 7.69. The van der Waals surface area contributed by atoms with Crippen molar-refractivity contribution in [3.63, 3.8) is 0 Å². The molecule has 24 heavy (non-hydrogen) atoms. The average Bonchev–Trinajstić information content (AvgIpc) is 3.11. The summed E-state index contributed by atoms with van der Waals surface area (Å²) in [5.74, 6) is -0.0692. The minimum absolute atomic E-state index is 0.0692. The molecule has 1 heterocycles. The fraction of sp³-hybridized carbons (Fsp3) is 0.222. The van der Waals surface area contributed by atoms with Crippen LogP contribution in [0.4, 0.5) is 5.69 Å². The van der Waals surface area contributed by atoms with Crippen LogP contribution in [0.1, 0.15) is 25.0 Å². The van der Waals surface area contributed by atoms with Gasteiger partial charge in [0.25, 0.3) is 0 Å². The molecule has 0 aliphatic rings. The fourth-order valence-corrected chi connectivity index (χ4v) is 2.48. The molecule has 1 amide bonds. The average molecular weight is 321 g/mol. The molecule has 122 valence electrons. The van der Waals surface area contributed by atoms with Gasteiger partial charge in [-0.2, -0.15) is 0 Å². The van der Waals surface area contributed by atoms with E-state index >= 15 is 0 Å². The monoisotopic (exact) mass is 321 g/mol. The molecule has 0 spiro atoms. The molecular formula is C18H19N5O. The molecule has 0 radical (unpaired) electrons. The van der Waals surface area contributed by atoms with Gasteiger partial charge in [0.1, 0.15) is 6.33 Å². The number of hydrogen-bond donors (Lipinski definition) is 1. The van der Waals surface area contributed by atoms with E-state index in [9.17, 15) is 4.79 Å². The number of aryl methyl sites for hydroxylation is 1. The predicted octanol–water partition coefficient (Wildman–Crippen LogP) is 2.89. The van der Waals surface area contributed by atoms with E-state index < -0.39 is 5.41 Å². The van der Waals surface area contributed by atoms with Gasteiger partial charge >= 0.3 is 0 Å². The summed E-state index contributed by atoms with van der Waals surface area (Å²) in [6.07, 6.45) is 1.53. The van der Waals surface area contributed by atoms with Gasteiger partial charge in [-0.15, -0.1) is 5.10 Å². The molecule has 1 N–H and O–H groups in total. The van der Waals surface area contributed by atoms with Crippen molar-refractivity contribution in [2.24, 2.45) is 0 Å². The first-order valence-corrected chi connectivity index (χ1v) is 7.69. The van der Waals surface area contributed by atoms with Gasteiger partial charge in [0.15, 0.2) is 0 Å². The zero-order valence-corrected chi connectivity index (χ0v) is 13.9. The van der Waals surface area contributed by atoms with Crippen LogP contribution in [0.5, 0.6) is 0 Å². The molecule has 6 heteroatoms. The Kier molecular flexibility index (Phi) is 4.12. The van der Waals surface area contributed by atoms with Crippen LogP contribution in [0, 0.1) is 6.92 Å². The number of carbonyl (C=O) groups excluding carboxylic acids is 1. The molecule has 1 aromatic heterocycles. The number of hydrogen-bond acceptors (Lipinski definition) is 4. The van der Waals surface area contributed by atoms with Crippen molar-refractivity contribution in [2.45, 2.75) is 26.2 Å². The van der Waals surface area contributed by atoms with Crippen molar-refractivity contribution in [3.8, 4) is 5.69 Å². The molecule has 2 aromatic carbocycles. The Bertz CT molecular complexity index is 841. The van der Waals surface area contributed by atoms with Crippen LogP contribution in [0.2, 0.25) is 0 Å². The molecule has 3 aromatic rings. The second kappa shape index (κ2) is 6.23. The third-order valence-electron chi connectivity index (χ3n) is 4.13. The number of rotatable bonds is 4.